The summed E-state index contributed by atoms with van der Waals surface area (Å²) in [6, 6.07) is -0.848. The first-order valence-corrected chi connectivity index (χ1v) is 3.07. The molecule has 3 heteroatoms. The lowest BCUT2D eigenvalue weighted by Gasteiger charge is -2.03. The maximum absolute atomic E-state index is 10.3. The summed E-state index contributed by atoms with van der Waals surface area (Å²) in [5.74, 6) is -0.974. The maximum atomic E-state index is 10.3. The first-order chi connectivity index (χ1) is 4.72. The second kappa shape index (κ2) is 2.66. The van der Waals surface area contributed by atoms with Crippen molar-refractivity contribution in [3.63, 3.8) is 0 Å². The molecule has 0 fully saturated rings. The van der Waals surface area contributed by atoms with Gasteiger partial charge in [-0.3, -0.25) is 4.79 Å². The quantitative estimate of drug-likeness (QED) is 0.577. The van der Waals surface area contributed by atoms with Gasteiger partial charge in [-0.15, -0.1) is 0 Å². The number of nitrogens with two attached hydrogens (primary N) is 1. The van der Waals surface area contributed by atoms with Crippen molar-refractivity contribution in [2.45, 2.75) is 12.5 Å². The monoisotopic (exact) mass is 139 g/mol. The third-order valence-corrected chi connectivity index (χ3v) is 1.43. The summed E-state index contributed by atoms with van der Waals surface area (Å²) in [6.07, 6.45) is 6.26. The largest absolute Gasteiger partial charge is 0.480 e. The van der Waals surface area contributed by atoms with Crippen LogP contribution in [0.25, 0.3) is 0 Å². The summed E-state index contributed by atoms with van der Waals surface area (Å²) in [4.78, 5) is 10.3. The van der Waals surface area contributed by atoms with Gasteiger partial charge in [-0.25, -0.2) is 0 Å². The highest BCUT2D eigenvalue weighted by Crippen LogP contribution is 2.11. The van der Waals surface area contributed by atoms with E-state index in [1.165, 1.54) is 0 Å². The van der Waals surface area contributed by atoms with Crippen molar-refractivity contribution in [2.75, 3.05) is 0 Å². The molecule has 0 spiro atoms. The van der Waals surface area contributed by atoms with Crippen molar-refractivity contribution in [3.05, 3.63) is 23.8 Å². The molecule has 0 aromatic carbocycles. The molecule has 0 amide bonds. The van der Waals surface area contributed by atoms with Crippen LogP contribution in [0.1, 0.15) is 6.42 Å². The van der Waals surface area contributed by atoms with Gasteiger partial charge in [-0.05, 0) is 12.0 Å². The standard InChI is InChI=1S/C7H9NO2/c8-6(7(9)10)5-3-1-2-4-5/h1,3-4,6H,2,8H2,(H,9,10). The third-order valence-electron chi connectivity index (χ3n) is 1.43. The average Bonchev–Trinajstić information content (AvgIpc) is 2.36. The highest BCUT2D eigenvalue weighted by Gasteiger charge is 2.15. The SMILES string of the molecule is NC(C(=O)O)C1=CCC=C1. The van der Waals surface area contributed by atoms with E-state index in [-0.39, 0.29) is 0 Å². The molecule has 10 heavy (non-hydrogen) atoms. The molecule has 0 aliphatic heterocycles. The molecular weight excluding hydrogens is 130 g/mol. The molecule has 54 valence electrons. The van der Waals surface area contributed by atoms with E-state index in [0.717, 1.165) is 6.42 Å². The van der Waals surface area contributed by atoms with Crippen LogP contribution in [0.5, 0.6) is 0 Å². The van der Waals surface area contributed by atoms with Gasteiger partial charge in [-0.1, -0.05) is 18.2 Å². The summed E-state index contributed by atoms with van der Waals surface area (Å²) < 4.78 is 0. The van der Waals surface area contributed by atoms with Crippen molar-refractivity contribution < 1.29 is 9.90 Å². The van der Waals surface area contributed by atoms with Gasteiger partial charge in [-0.2, -0.15) is 0 Å². The fourth-order valence-electron chi connectivity index (χ4n) is 0.850. The molecule has 0 heterocycles. The van der Waals surface area contributed by atoms with Crippen LogP contribution in [-0.4, -0.2) is 17.1 Å². The molecule has 0 saturated carbocycles. The van der Waals surface area contributed by atoms with E-state index < -0.39 is 12.0 Å². The Morgan fingerprint density at radius 3 is 2.90 bits per heavy atom. The van der Waals surface area contributed by atoms with Gasteiger partial charge in [0.1, 0.15) is 6.04 Å². The van der Waals surface area contributed by atoms with Gasteiger partial charge in [0.25, 0.3) is 0 Å². The molecule has 0 aromatic rings. The Morgan fingerprint density at radius 2 is 2.50 bits per heavy atom. The zero-order valence-electron chi connectivity index (χ0n) is 5.45. The zero-order valence-corrected chi connectivity index (χ0v) is 5.45. The molecule has 1 aliphatic carbocycles. The molecule has 3 nitrogen and oxygen atoms in total. The van der Waals surface area contributed by atoms with E-state index >= 15 is 0 Å². The lowest BCUT2D eigenvalue weighted by Crippen LogP contribution is -2.31. The van der Waals surface area contributed by atoms with Crippen LogP contribution in [0.15, 0.2) is 23.8 Å². The molecular formula is C7H9NO2. The van der Waals surface area contributed by atoms with Gasteiger partial charge in [0.05, 0.1) is 0 Å². The number of hydrogen-bond donors (Lipinski definition) is 2. The lowest BCUT2D eigenvalue weighted by molar-refractivity contribution is -0.137. The minimum atomic E-state index is -0.974. The number of rotatable bonds is 2. The van der Waals surface area contributed by atoms with E-state index in [0.29, 0.717) is 5.57 Å². The molecule has 0 aromatic heterocycles. The minimum absolute atomic E-state index is 0.701. The second-order valence-corrected chi connectivity index (χ2v) is 2.16. The molecule has 1 atom stereocenters. The topological polar surface area (TPSA) is 63.3 Å². The van der Waals surface area contributed by atoms with Gasteiger partial charge < -0.3 is 10.8 Å². The number of hydrogen-bond acceptors (Lipinski definition) is 2. The highest BCUT2D eigenvalue weighted by molar-refractivity contribution is 5.78. The summed E-state index contributed by atoms with van der Waals surface area (Å²) in [5.41, 5.74) is 6.00. The van der Waals surface area contributed by atoms with Gasteiger partial charge in [0, 0.05) is 0 Å². The number of aliphatic carboxylic acids is 1. The van der Waals surface area contributed by atoms with Gasteiger partial charge in [0.2, 0.25) is 0 Å². The Labute approximate surface area is 58.8 Å². The van der Waals surface area contributed by atoms with Crippen molar-refractivity contribution >= 4 is 5.97 Å². The van der Waals surface area contributed by atoms with Crippen LogP contribution in [0.3, 0.4) is 0 Å². The third kappa shape index (κ3) is 1.25. The molecule has 3 N–H and O–H groups in total. The smallest absolute Gasteiger partial charge is 0.325 e. The number of carbonyl (C=O) groups is 1. The van der Waals surface area contributed by atoms with Crippen LogP contribution in [0.4, 0.5) is 0 Å². The summed E-state index contributed by atoms with van der Waals surface area (Å²) in [6.45, 7) is 0. The first-order valence-electron chi connectivity index (χ1n) is 3.07. The normalized spacial score (nSPS) is 18.7. The number of carboxylic acid groups (broad SMARTS) is 1. The van der Waals surface area contributed by atoms with Crippen molar-refractivity contribution in [1.82, 2.24) is 0 Å². The lowest BCUT2D eigenvalue weighted by atomic mass is 10.1. The van der Waals surface area contributed by atoms with Crippen molar-refractivity contribution in [3.8, 4) is 0 Å². The molecule has 1 unspecified atom stereocenters. The molecule has 0 radical (unpaired) electrons. The van der Waals surface area contributed by atoms with Crippen molar-refractivity contribution in [2.24, 2.45) is 5.73 Å². The Hall–Kier alpha value is -1.09. The van der Waals surface area contributed by atoms with Gasteiger partial charge in [0.15, 0.2) is 0 Å². The van der Waals surface area contributed by atoms with E-state index in [1.54, 1.807) is 6.08 Å². The van der Waals surface area contributed by atoms with E-state index in [2.05, 4.69) is 0 Å². The van der Waals surface area contributed by atoms with Crippen LogP contribution >= 0.6 is 0 Å². The Morgan fingerprint density at radius 1 is 1.80 bits per heavy atom. The Kier molecular flexibility index (Phi) is 1.87. The van der Waals surface area contributed by atoms with Crippen LogP contribution in [0, 0.1) is 0 Å². The highest BCUT2D eigenvalue weighted by atomic mass is 16.4. The van der Waals surface area contributed by atoms with Crippen LogP contribution in [0.2, 0.25) is 0 Å². The second-order valence-electron chi connectivity index (χ2n) is 2.16. The predicted octanol–water partition coefficient (Wildman–Crippen LogP) is 0.285. The Balaban J connectivity index is 2.65. The maximum Gasteiger partial charge on any atom is 0.325 e. The molecule has 0 bridgehead atoms. The fourth-order valence-corrected chi connectivity index (χ4v) is 0.850. The number of allylic oxidation sites excluding steroid dienone is 2. The summed E-state index contributed by atoms with van der Waals surface area (Å²) >= 11 is 0. The molecule has 1 aliphatic rings. The van der Waals surface area contributed by atoms with E-state index in [1.807, 2.05) is 12.2 Å². The molecule has 1 rings (SSSR count). The first kappa shape index (κ1) is 7.02. The fraction of sp³-hybridized carbons (Fsp3) is 0.286. The van der Waals surface area contributed by atoms with Crippen LogP contribution < -0.4 is 5.73 Å². The van der Waals surface area contributed by atoms with E-state index in [4.69, 9.17) is 10.8 Å². The van der Waals surface area contributed by atoms with Gasteiger partial charge >= 0.3 is 5.97 Å². The van der Waals surface area contributed by atoms with E-state index in [9.17, 15) is 4.79 Å². The van der Waals surface area contributed by atoms with Crippen molar-refractivity contribution in [1.29, 1.82) is 0 Å². The number of carboxylic acids is 1. The summed E-state index contributed by atoms with van der Waals surface area (Å²) in [5, 5.41) is 8.44. The average molecular weight is 139 g/mol. The Bertz CT molecular complexity index is 206. The zero-order chi connectivity index (χ0) is 7.56. The molecule has 0 saturated heterocycles. The summed E-state index contributed by atoms with van der Waals surface area (Å²) in [7, 11) is 0. The predicted molar refractivity (Wildman–Crippen MR) is 37.5 cm³/mol. The van der Waals surface area contributed by atoms with Crippen LogP contribution in [-0.2, 0) is 4.79 Å². The minimum Gasteiger partial charge on any atom is -0.480 e.